The summed E-state index contributed by atoms with van der Waals surface area (Å²) in [5, 5.41) is 15.4. The van der Waals surface area contributed by atoms with E-state index in [1.807, 2.05) is 42.5 Å². The van der Waals surface area contributed by atoms with Crippen LogP contribution in [0.25, 0.3) is 17.5 Å². The van der Waals surface area contributed by atoms with E-state index in [9.17, 15) is 4.79 Å². The Kier molecular flexibility index (Phi) is 4.67. The number of aromatic amines is 1. The number of H-pyrrole nitrogens is 1. The van der Waals surface area contributed by atoms with E-state index in [-0.39, 0.29) is 0 Å². The van der Waals surface area contributed by atoms with Crippen LogP contribution in [0.3, 0.4) is 0 Å². The van der Waals surface area contributed by atoms with Gasteiger partial charge in [-0.1, -0.05) is 18.2 Å². The molecule has 2 aromatic heterocycles. The second-order valence-corrected chi connectivity index (χ2v) is 5.05. The summed E-state index contributed by atoms with van der Waals surface area (Å²) >= 11 is 0. The normalized spacial score (nSPS) is 10.8. The maximum absolute atomic E-state index is 10.6. The number of rotatable bonds is 6. The molecule has 2 N–H and O–H groups in total. The molecule has 0 aliphatic heterocycles. The van der Waals surface area contributed by atoms with Crippen molar-refractivity contribution >= 4 is 12.0 Å². The number of carbonyl (C=O) groups is 1. The summed E-state index contributed by atoms with van der Waals surface area (Å²) in [5.41, 5.74) is 3.39. The van der Waals surface area contributed by atoms with Crippen molar-refractivity contribution in [3.8, 4) is 17.1 Å². The number of pyridine rings is 1. The number of aliphatic carboxylic acids is 1. The highest BCUT2D eigenvalue weighted by molar-refractivity contribution is 5.85. The van der Waals surface area contributed by atoms with Gasteiger partial charge in [0.05, 0.1) is 17.6 Å². The number of carboxylic acids is 1. The van der Waals surface area contributed by atoms with Crippen LogP contribution in [-0.4, -0.2) is 26.3 Å². The molecule has 24 heavy (non-hydrogen) atoms. The van der Waals surface area contributed by atoms with E-state index in [2.05, 4.69) is 15.2 Å². The number of benzene rings is 1. The first-order valence-electron chi connectivity index (χ1n) is 7.29. The lowest BCUT2D eigenvalue weighted by atomic mass is 10.1. The maximum atomic E-state index is 10.6. The number of nitrogens with one attached hydrogen (secondary N) is 1. The molecule has 0 saturated heterocycles. The topological polar surface area (TPSA) is 88.1 Å². The summed E-state index contributed by atoms with van der Waals surface area (Å²) in [6.45, 7) is 0.375. The van der Waals surface area contributed by atoms with Crippen LogP contribution in [0, 0.1) is 0 Å². The van der Waals surface area contributed by atoms with Crippen LogP contribution in [0.2, 0.25) is 0 Å². The number of hydrogen-bond acceptors (Lipinski definition) is 4. The van der Waals surface area contributed by atoms with Crippen molar-refractivity contribution in [2.75, 3.05) is 0 Å². The molecule has 0 radical (unpaired) electrons. The number of nitrogens with zero attached hydrogens (tertiary/aromatic N) is 2. The molecule has 6 heteroatoms. The number of aromatic nitrogens is 3. The summed E-state index contributed by atoms with van der Waals surface area (Å²) in [4.78, 5) is 14.9. The molecule has 0 amide bonds. The molecular weight excluding hydrogens is 306 g/mol. The van der Waals surface area contributed by atoms with E-state index in [1.54, 1.807) is 18.5 Å². The monoisotopic (exact) mass is 321 g/mol. The van der Waals surface area contributed by atoms with Crippen LogP contribution in [0.15, 0.2) is 60.9 Å². The third kappa shape index (κ3) is 4.07. The molecule has 0 unspecified atom stereocenters. The fraction of sp³-hybridized carbons (Fsp3) is 0.0556. The Balaban J connectivity index is 1.63. The molecule has 3 rings (SSSR count). The zero-order chi connectivity index (χ0) is 16.8. The quantitative estimate of drug-likeness (QED) is 0.681. The predicted molar refractivity (Wildman–Crippen MR) is 89.3 cm³/mol. The fourth-order valence-electron chi connectivity index (χ4n) is 2.14. The van der Waals surface area contributed by atoms with Crippen LogP contribution >= 0.6 is 0 Å². The molecule has 1 aromatic carbocycles. The first-order valence-corrected chi connectivity index (χ1v) is 7.29. The largest absolute Gasteiger partial charge is 0.487 e. The lowest BCUT2D eigenvalue weighted by Crippen LogP contribution is -1.96. The van der Waals surface area contributed by atoms with Gasteiger partial charge in [-0.25, -0.2) is 4.79 Å². The average Bonchev–Trinajstić information content (AvgIpc) is 3.14. The van der Waals surface area contributed by atoms with Crippen molar-refractivity contribution in [1.29, 1.82) is 0 Å². The molecule has 3 aromatic rings. The summed E-state index contributed by atoms with van der Waals surface area (Å²) in [7, 11) is 0. The molecule has 0 aliphatic carbocycles. The fourth-order valence-corrected chi connectivity index (χ4v) is 2.14. The Morgan fingerprint density at radius 2 is 2.17 bits per heavy atom. The lowest BCUT2D eigenvalue weighted by molar-refractivity contribution is -0.131. The van der Waals surface area contributed by atoms with Crippen molar-refractivity contribution in [1.82, 2.24) is 15.2 Å². The lowest BCUT2D eigenvalue weighted by Gasteiger charge is -2.07. The highest BCUT2D eigenvalue weighted by Gasteiger charge is 2.02. The molecule has 120 valence electrons. The molecule has 0 bridgehead atoms. The molecule has 0 fully saturated rings. The summed E-state index contributed by atoms with van der Waals surface area (Å²) in [5.74, 6) is -0.315. The van der Waals surface area contributed by atoms with Crippen molar-refractivity contribution in [2.24, 2.45) is 0 Å². The summed E-state index contributed by atoms with van der Waals surface area (Å²) < 4.78 is 5.72. The maximum Gasteiger partial charge on any atom is 0.328 e. The molecular formula is C18H15N3O3. The summed E-state index contributed by atoms with van der Waals surface area (Å²) in [6, 6.07) is 13.0. The molecule has 0 atom stereocenters. The van der Waals surface area contributed by atoms with Crippen molar-refractivity contribution in [2.45, 2.75) is 6.61 Å². The van der Waals surface area contributed by atoms with Gasteiger partial charge in [0.1, 0.15) is 12.4 Å². The Hall–Kier alpha value is -3.41. The van der Waals surface area contributed by atoms with Crippen LogP contribution < -0.4 is 4.74 Å². The Morgan fingerprint density at radius 3 is 2.88 bits per heavy atom. The molecule has 6 nitrogen and oxygen atoms in total. The van der Waals surface area contributed by atoms with Gasteiger partial charge in [-0.3, -0.25) is 10.1 Å². The van der Waals surface area contributed by atoms with E-state index in [0.29, 0.717) is 12.4 Å². The van der Waals surface area contributed by atoms with Crippen molar-refractivity contribution in [3.63, 3.8) is 0 Å². The van der Waals surface area contributed by atoms with Gasteiger partial charge in [-0.05, 0) is 41.5 Å². The summed E-state index contributed by atoms with van der Waals surface area (Å²) in [6.07, 6.45) is 5.99. The number of carboxylic acid groups (broad SMARTS) is 1. The van der Waals surface area contributed by atoms with E-state index in [4.69, 9.17) is 9.84 Å². The van der Waals surface area contributed by atoms with Gasteiger partial charge >= 0.3 is 5.97 Å². The third-order valence-electron chi connectivity index (χ3n) is 3.29. The second-order valence-electron chi connectivity index (χ2n) is 5.05. The van der Waals surface area contributed by atoms with Crippen LogP contribution in [0.1, 0.15) is 11.1 Å². The third-order valence-corrected chi connectivity index (χ3v) is 3.29. The molecule has 2 heterocycles. The van der Waals surface area contributed by atoms with Gasteiger partial charge < -0.3 is 9.84 Å². The van der Waals surface area contributed by atoms with Crippen LogP contribution in [0.5, 0.6) is 5.75 Å². The first-order chi connectivity index (χ1) is 11.7. The highest BCUT2D eigenvalue weighted by Crippen LogP contribution is 2.18. The Labute approximate surface area is 138 Å². The zero-order valence-corrected chi connectivity index (χ0v) is 12.7. The highest BCUT2D eigenvalue weighted by atomic mass is 16.5. The first kappa shape index (κ1) is 15.5. The Morgan fingerprint density at radius 1 is 1.25 bits per heavy atom. The SMILES string of the molecule is O=C(O)/C=C/c1cccc(COc2ccc(-c3ccn[nH]3)nc2)c1. The number of hydrogen-bond donors (Lipinski definition) is 2. The van der Waals surface area contributed by atoms with Gasteiger partial charge in [-0.2, -0.15) is 5.10 Å². The Bertz CT molecular complexity index is 840. The zero-order valence-electron chi connectivity index (χ0n) is 12.7. The van der Waals surface area contributed by atoms with Gasteiger partial charge in [-0.15, -0.1) is 0 Å². The minimum absolute atomic E-state index is 0.375. The molecule has 0 saturated carbocycles. The van der Waals surface area contributed by atoms with E-state index >= 15 is 0 Å². The number of ether oxygens (including phenoxy) is 1. The van der Waals surface area contributed by atoms with Gasteiger partial charge in [0.25, 0.3) is 0 Å². The van der Waals surface area contributed by atoms with Gasteiger partial charge in [0.15, 0.2) is 0 Å². The van der Waals surface area contributed by atoms with Crippen LogP contribution in [0.4, 0.5) is 0 Å². The average molecular weight is 321 g/mol. The van der Waals surface area contributed by atoms with Gasteiger partial charge in [0, 0.05) is 12.3 Å². The minimum atomic E-state index is -0.972. The minimum Gasteiger partial charge on any atom is -0.487 e. The van der Waals surface area contributed by atoms with Crippen molar-refractivity contribution in [3.05, 3.63) is 72.1 Å². The second kappa shape index (κ2) is 7.23. The molecule has 0 spiro atoms. The van der Waals surface area contributed by atoms with E-state index < -0.39 is 5.97 Å². The van der Waals surface area contributed by atoms with E-state index in [1.165, 1.54) is 0 Å². The van der Waals surface area contributed by atoms with Gasteiger partial charge in [0.2, 0.25) is 0 Å². The molecule has 0 aliphatic rings. The van der Waals surface area contributed by atoms with Crippen molar-refractivity contribution < 1.29 is 14.6 Å². The smallest absolute Gasteiger partial charge is 0.328 e. The predicted octanol–water partition coefficient (Wildman–Crippen LogP) is 3.15. The van der Waals surface area contributed by atoms with E-state index in [0.717, 1.165) is 28.6 Å². The standard InChI is InChI=1S/C18H15N3O3/c22-18(23)7-4-13-2-1-3-14(10-13)12-24-15-5-6-16(19-11-15)17-8-9-20-21-17/h1-11H,12H2,(H,20,21)(H,22,23)/b7-4+. The van der Waals surface area contributed by atoms with Crippen LogP contribution in [-0.2, 0) is 11.4 Å².